The lowest BCUT2D eigenvalue weighted by atomic mass is 9.91. The highest BCUT2D eigenvalue weighted by atomic mass is 19.4. The molecule has 4 rings (SSSR count). The lowest BCUT2D eigenvalue weighted by molar-refractivity contribution is -0.275. The molecule has 0 unspecified atom stereocenters. The molecule has 1 aliphatic heterocycles. The maximum Gasteiger partial charge on any atom is 0.573 e. The summed E-state index contributed by atoms with van der Waals surface area (Å²) < 4.78 is 113. The standard InChI is InChI=1S/C23H21F7O4/c24-18-9-14(21-31-11-15(12-32-21)13-3-1-2-4-13)5-7-17(18)22(26,27)33-16-6-8-20(19(25)10-16)34-23(28,29)30/h5-10,13,15,21H,1-4,11-12H2. The Morgan fingerprint density at radius 3 is 2.03 bits per heavy atom. The van der Waals surface area contributed by atoms with Crippen molar-refractivity contribution in [2.75, 3.05) is 13.2 Å². The van der Waals surface area contributed by atoms with Crippen LogP contribution in [0, 0.1) is 23.5 Å². The first-order valence-corrected chi connectivity index (χ1v) is 10.7. The first kappa shape index (κ1) is 24.6. The Morgan fingerprint density at radius 2 is 1.44 bits per heavy atom. The Balaban J connectivity index is 1.42. The third kappa shape index (κ3) is 5.75. The van der Waals surface area contributed by atoms with E-state index in [1.165, 1.54) is 18.9 Å². The Morgan fingerprint density at radius 1 is 0.765 bits per heavy atom. The van der Waals surface area contributed by atoms with Gasteiger partial charge in [-0.2, -0.15) is 8.78 Å². The van der Waals surface area contributed by atoms with Gasteiger partial charge in [-0.15, -0.1) is 13.2 Å². The molecule has 2 aliphatic rings. The molecule has 0 bridgehead atoms. The van der Waals surface area contributed by atoms with Gasteiger partial charge in [-0.1, -0.05) is 31.7 Å². The molecule has 1 heterocycles. The maximum atomic E-state index is 14.6. The normalized spacial score (nSPS) is 22.1. The molecular formula is C23H21F7O4. The van der Waals surface area contributed by atoms with Gasteiger partial charge in [-0.25, -0.2) is 8.78 Å². The van der Waals surface area contributed by atoms with Crippen molar-refractivity contribution in [1.82, 2.24) is 0 Å². The van der Waals surface area contributed by atoms with Crippen molar-refractivity contribution in [2.45, 2.75) is 44.4 Å². The second-order valence-electron chi connectivity index (χ2n) is 8.30. The highest BCUT2D eigenvalue weighted by Gasteiger charge is 2.39. The molecule has 2 fully saturated rings. The topological polar surface area (TPSA) is 36.9 Å². The Kier molecular flexibility index (Phi) is 6.95. The largest absolute Gasteiger partial charge is 0.573 e. The molecule has 0 atom stereocenters. The highest BCUT2D eigenvalue weighted by molar-refractivity contribution is 5.35. The molecule has 34 heavy (non-hydrogen) atoms. The van der Waals surface area contributed by atoms with Gasteiger partial charge in [-0.3, -0.25) is 0 Å². The summed E-state index contributed by atoms with van der Waals surface area (Å²) in [4.78, 5) is 0. The zero-order chi connectivity index (χ0) is 24.5. The average Bonchev–Trinajstić information content (AvgIpc) is 3.29. The van der Waals surface area contributed by atoms with E-state index >= 15 is 0 Å². The molecule has 2 aromatic carbocycles. The summed E-state index contributed by atoms with van der Waals surface area (Å²) in [5, 5.41) is 0. The molecule has 1 saturated heterocycles. The van der Waals surface area contributed by atoms with Crippen LogP contribution in [0.1, 0.15) is 43.1 Å². The average molecular weight is 494 g/mol. The van der Waals surface area contributed by atoms with Gasteiger partial charge in [0.1, 0.15) is 11.6 Å². The molecule has 0 amide bonds. The summed E-state index contributed by atoms with van der Waals surface area (Å²) in [7, 11) is 0. The lowest BCUT2D eigenvalue weighted by Crippen LogP contribution is -2.31. The minimum absolute atomic E-state index is 0.210. The van der Waals surface area contributed by atoms with Gasteiger partial charge in [0.25, 0.3) is 0 Å². The number of hydrogen-bond donors (Lipinski definition) is 0. The molecular weight excluding hydrogens is 473 g/mol. The molecule has 0 aromatic heterocycles. The molecule has 4 nitrogen and oxygen atoms in total. The van der Waals surface area contributed by atoms with E-state index in [4.69, 9.17) is 9.47 Å². The second-order valence-corrected chi connectivity index (χ2v) is 8.30. The van der Waals surface area contributed by atoms with Crippen LogP contribution in [0.2, 0.25) is 0 Å². The van der Waals surface area contributed by atoms with Gasteiger partial charge in [0, 0.05) is 17.5 Å². The summed E-state index contributed by atoms with van der Waals surface area (Å²) in [6.45, 7) is 0.856. The molecule has 0 radical (unpaired) electrons. The van der Waals surface area contributed by atoms with Crippen molar-refractivity contribution in [3.8, 4) is 11.5 Å². The van der Waals surface area contributed by atoms with Gasteiger partial charge in [0.05, 0.1) is 18.8 Å². The molecule has 11 heteroatoms. The molecule has 1 saturated carbocycles. The SMILES string of the molecule is Fc1cc(OC(F)(F)c2ccc(C3OCC(C4CCCC4)CO3)cc2F)ccc1OC(F)(F)F. The summed E-state index contributed by atoms with van der Waals surface area (Å²) in [6.07, 6.45) is -5.74. The van der Waals surface area contributed by atoms with E-state index in [-0.39, 0.29) is 17.5 Å². The lowest BCUT2D eigenvalue weighted by Gasteiger charge is -2.33. The monoisotopic (exact) mass is 494 g/mol. The Hall–Kier alpha value is -2.53. The van der Waals surface area contributed by atoms with Crippen LogP contribution in [0.5, 0.6) is 11.5 Å². The maximum absolute atomic E-state index is 14.6. The summed E-state index contributed by atoms with van der Waals surface area (Å²) >= 11 is 0. The van der Waals surface area contributed by atoms with Crippen LogP contribution in [0.3, 0.4) is 0 Å². The minimum Gasteiger partial charge on any atom is -0.429 e. The fourth-order valence-corrected chi connectivity index (χ4v) is 4.28. The van der Waals surface area contributed by atoms with Crippen molar-refractivity contribution in [3.63, 3.8) is 0 Å². The fraction of sp³-hybridized carbons (Fsp3) is 0.478. The van der Waals surface area contributed by atoms with Crippen LogP contribution in [0.15, 0.2) is 36.4 Å². The van der Waals surface area contributed by atoms with E-state index in [2.05, 4.69) is 9.47 Å². The smallest absolute Gasteiger partial charge is 0.429 e. The summed E-state index contributed by atoms with van der Waals surface area (Å²) in [6, 6.07) is 4.24. The van der Waals surface area contributed by atoms with Gasteiger partial charge >= 0.3 is 12.5 Å². The summed E-state index contributed by atoms with van der Waals surface area (Å²) in [5.41, 5.74) is -0.937. The summed E-state index contributed by atoms with van der Waals surface area (Å²) in [5.74, 6) is -4.17. The van der Waals surface area contributed by atoms with Crippen molar-refractivity contribution >= 4 is 0 Å². The van der Waals surface area contributed by atoms with Gasteiger partial charge in [-0.05, 0) is 30.2 Å². The predicted molar refractivity (Wildman–Crippen MR) is 104 cm³/mol. The molecule has 2 aromatic rings. The third-order valence-corrected chi connectivity index (χ3v) is 5.94. The molecule has 1 aliphatic carbocycles. The van der Waals surface area contributed by atoms with Gasteiger partial charge in [0.2, 0.25) is 0 Å². The van der Waals surface area contributed by atoms with Crippen LogP contribution in [0.25, 0.3) is 0 Å². The van der Waals surface area contributed by atoms with E-state index < -0.39 is 47.5 Å². The minimum atomic E-state index is -5.17. The quantitative estimate of drug-likeness (QED) is 0.412. The molecule has 0 spiro atoms. The third-order valence-electron chi connectivity index (χ3n) is 5.94. The second kappa shape index (κ2) is 9.61. The number of ether oxygens (including phenoxy) is 4. The zero-order valence-electron chi connectivity index (χ0n) is 17.7. The first-order chi connectivity index (χ1) is 16.0. The van der Waals surface area contributed by atoms with E-state index in [0.717, 1.165) is 25.0 Å². The predicted octanol–water partition coefficient (Wildman–Crippen LogP) is 6.84. The number of alkyl halides is 5. The van der Waals surface area contributed by atoms with Crippen molar-refractivity contribution in [3.05, 3.63) is 59.2 Å². The van der Waals surface area contributed by atoms with Crippen molar-refractivity contribution in [1.29, 1.82) is 0 Å². The first-order valence-electron chi connectivity index (χ1n) is 10.7. The molecule has 186 valence electrons. The Labute approximate surface area is 190 Å². The van der Waals surface area contributed by atoms with E-state index in [9.17, 15) is 30.7 Å². The van der Waals surface area contributed by atoms with Crippen LogP contribution in [-0.2, 0) is 15.6 Å². The van der Waals surface area contributed by atoms with E-state index in [0.29, 0.717) is 31.3 Å². The van der Waals surface area contributed by atoms with Crippen LogP contribution >= 0.6 is 0 Å². The van der Waals surface area contributed by atoms with Crippen molar-refractivity contribution < 1.29 is 49.7 Å². The number of benzene rings is 2. The zero-order valence-corrected chi connectivity index (χ0v) is 17.7. The number of halogens is 7. The number of hydrogen-bond acceptors (Lipinski definition) is 4. The van der Waals surface area contributed by atoms with Gasteiger partial charge < -0.3 is 18.9 Å². The highest BCUT2D eigenvalue weighted by Crippen LogP contribution is 2.39. The number of rotatable bonds is 6. The van der Waals surface area contributed by atoms with Gasteiger partial charge in [0.15, 0.2) is 17.9 Å². The van der Waals surface area contributed by atoms with Crippen molar-refractivity contribution in [2.24, 2.45) is 11.8 Å². The van der Waals surface area contributed by atoms with E-state index in [1.807, 2.05) is 0 Å². The fourth-order valence-electron chi connectivity index (χ4n) is 4.28. The van der Waals surface area contributed by atoms with E-state index in [1.54, 1.807) is 0 Å². The Bertz CT molecular complexity index is 997. The van der Waals surface area contributed by atoms with Crippen LogP contribution in [-0.4, -0.2) is 19.6 Å². The van der Waals surface area contributed by atoms with Crippen LogP contribution < -0.4 is 9.47 Å². The van der Waals surface area contributed by atoms with Crippen LogP contribution in [0.4, 0.5) is 30.7 Å². The molecule has 0 N–H and O–H groups in total.